The van der Waals surface area contributed by atoms with Gasteiger partial charge in [0.1, 0.15) is 11.5 Å². The maximum absolute atomic E-state index is 6.02. The molecule has 0 aliphatic rings. The number of ether oxygens (including phenoxy) is 1. The number of hydrogen-bond acceptors (Lipinski definition) is 3. The highest BCUT2D eigenvalue weighted by molar-refractivity contribution is 9.10. The van der Waals surface area contributed by atoms with Gasteiger partial charge < -0.3 is 10.5 Å². The first-order chi connectivity index (χ1) is 9.65. The van der Waals surface area contributed by atoms with E-state index >= 15 is 0 Å². The third kappa shape index (κ3) is 2.34. The molecule has 1 aromatic heterocycles. The molecule has 1 heterocycles. The average molecular weight is 329 g/mol. The van der Waals surface area contributed by atoms with Gasteiger partial charge in [-0.15, -0.1) is 0 Å². The molecule has 0 amide bonds. The van der Waals surface area contributed by atoms with Gasteiger partial charge in [0, 0.05) is 16.1 Å². The second-order valence-electron chi connectivity index (χ2n) is 4.56. The summed E-state index contributed by atoms with van der Waals surface area (Å²) in [7, 11) is 0. The number of aromatic nitrogens is 1. The minimum Gasteiger partial charge on any atom is -0.456 e. The fraction of sp³-hybridized carbons (Fsp3) is 0.0625. The number of anilines is 1. The Kier molecular flexibility index (Phi) is 3.32. The molecule has 0 fully saturated rings. The molecular weight excluding hydrogens is 316 g/mol. The zero-order valence-electron chi connectivity index (χ0n) is 10.9. The molecule has 20 heavy (non-hydrogen) atoms. The monoisotopic (exact) mass is 328 g/mol. The second kappa shape index (κ2) is 5.13. The lowest BCUT2D eigenvalue weighted by molar-refractivity contribution is 0.484. The van der Waals surface area contributed by atoms with Crippen LogP contribution in [0.25, 0.3) is 10.9 Å². The number of nitrogens with two attached hydrogens (primary N) is 1. The number of fused-ring (bicyclic) bond motifs is 1. The van der Waals surface area contributed by atoms with E-state index in [4.69, 9.17) is 10.5 Å². The SMILES string of the molecule is Cc1cc(Br)ccc1Oc1ccc(N)c2ncccc12. The summed E-state index contributed by atoms with van der Waals surface area (Å²) in [6.07, 6.45) is 1.73. The van der Waals surface area contributed by atoms with Crippen molar-refractivity contribution in [3.8, 4) is 11.5 Å². The van der Waals surface area contributed by atoms with E-state index in [1.54, 1.807) is 6.20 Å². The number of halogens is 1. The van der Waals surface area contributed by atoms with Gasteiger partial charge in [-0.25, -0.2) is 0 Å². The molecule has 0 bridgehead atoms. The van der Waals surface area contributed by atoms with E-state index in [1.165, 1.54) is 0 Å². The molecular formula is C16H13BrN2O. The van der Waals surface area contributed by atoms with Crippen LogP contribution in [0.3, 0.4) is 0 Å². The topological polar surface area (TPSA) is 48.1 Å². The Morgan fingerprint density at radius 3 is 2.70 bits per heavy atom. The van der Waals surface area contributed by atoms with Gasteiger partial charge in [0.15, 0.2) is 0 Å². The molecule has 2 aromatic carbocycles. The Morgan fingerprint density at radius 2 is 1.90 bits per heavy atom. The quantitative estimate of drug-likeness (QED) is 0.695. The number of pyridine rings is 1. The third-order valence-electron chi connectivity index (χ3n) is 3.12. The fourth-order valence-electron chi connectivity index (χ4n) is 2.10. The highest BCUT2D eigenvalue weighted by Gasteiger charge is 2.08. The molecule has 3 aromatic rings. The Bertz CT molecular complexity index is 787. The molecule has 2 N–H and O–H groups in total. The van der Waals surface area contributed by atoms with E-state index in [0.717, 1.165) is 32.4 Å². The standard InChI is InChI=1S/C16H13BrN2O/c1-10-9-11(17)4-6-14(10)20-15-7-5-13(18)16-12(15)3-2-8-19-16/h2-9H,18H2,1H3. The Hall–Kier alpha value is -2.07. The number of nitrogen functional groups attached to an aromatic ring is 1. The van der Waals surface area contributed by atoms with E-state index in [2.05, 4.69) is 20.9 Å². The molecule has 3 rings (SSSR count). The van der Waals surface area contributed by atoms with E-state index in [0.29, 0.717) is 5.69 Å². The van der Waals surface area contributed by atoms with Gasteiger partial charge >= 0.3 is 0 Å². The molecule has 100 valence electrons. The summed E-state index contributed by atoms with van der Waals surface area (Å²) in [5, 5.41) is 0.912. The first kappa shape index (κ1) is 12.9. The van der Waals surface area contributed by atoms with E-state index in [-0.39, 0.29) is 0 Å². The van der Waals surface area contributed by atoms with Crippen LogP contribution < -0.4 is 10.5 Å². The molecule has 0 aliphatic heterocycles. The van der Waals surface area contributed by atoms with E-state index in [9.17, 15) is 0 Å². The smallest absolute Gasteiger partial charge is 0.136 e. The van der Waals surface area contributed by atoms with Gasteiger partial charge in [0.05, 0.1) is 11.2 Å². The zero-order valence-corrected chi connectivity index (χ0v) is 12.5. The van der Waals surface area contributed by atoms with Crippen molar-refractivity contribution in [2.75, 3.05) is 5.73 Å². The zero-order chi connectivity index (χ0) is 14.1. The third-order valence-corrected chi connectivity index (χ3v) is 3.61. The Balaban J connectivity index is 2.09. The van der Waals surface area contributed by atoms with Gasteiger partial charge in [-0.1, -0.05) is 15.9 Å². The maximum Gasteiger partial charge on any atom is 0.136 e. The summed E-state index contributed by atoms with van der Waals surface area (Å²) in [6, 6.07) is 13.5. The molecule has 0 aliphatic carbocycles. The van der Waals surface area contributed by atoms with Gasteiger partial charge in [-0.2, -0.15) is 0 Å². The molecule has 0 saturated heterocycles. The van der Waals surface area contributed by atoms with Crippen molar-refractivity contribution in [3.63, 3.8) is 0 Å². The van der Waals surface area contributed by atoms with E-state index < -0.39 is 0 Å². The van der Waals surface area contributed by atoms with Crippen LogP contribution in [0.4, 0.5) is 5.69 Å². The lowest BCUT2D eigenvalue weighted by Crippen LogP contribution is -1.93. The number of rotatable bonds is 2. The second-order valence-corrected chi connectivity index (χ2v) is 5.48. The van der Waals surface area contributed by atoms with Crippen molar-refractivity contribution in [2.45, 2.75) is 6.92 Å². The first-order valence-corrected chi connectivity index (χ1v) is 7.01. The summed E-state index contributed by atoms with van der Waals surface area (Å²) in [5.74, 6) is 1.58. The van der Waals surface area contributed by atoms with Crippen LogP contribution >= 0.6 is 15.9 Å². The lowest BCUT2D eigenvalue weighted by Gasteiger charge is -2.12. The number of hydrogen-bond donors (Lipinski definition) is 1. The summed E-state index contributed by atoms with van der Waals surface area (Å²) >= 11 is 3.45. The predicted octanol–water partition coefficient (Wildman–Crippen LogP) is 4.68. The van der Waals surface area contributed by atoms with E-state index in [1.807, 2.05) is 49.4 Å². The van der Waals surface area contributed by atoms with Crippen molar-refractivity contribution in [3.05, 3.63) is 58.7 Å². The van der Waals surface area contributed by atoms with Crippen molar-refractivity contribution in [1.82, 2.24) is 4.98 Å². The molecule has 4 heteroatoms. The molecule has 0 spiro atoms. The number of nitrogens with zero attached hydrogens (tertiary/aromatic N) is 1. The molecule has 0 atom stereocenters. The van der Waals surface area contributed by atoms with Crippen LogP contribution in [0.1, 0.15) is 5.56 Å². The van der Waals surface area contributed by atoms with Crippen LogP contribution in [0.15, 0.2) is 53.1 Å². The summed E-state index contributed by atoms with van der Waals surface area (Å²) in [5.41, 5.74) is 8.42. The molecule has 0 radical (unpaired) electrons. The van der Waals surface area contributed by atoms with Crippen LogP contribution in [0, 0.1) is 6.92 Å². The predicted molar refractivity (Wildman–Crippen MR) is 85.1 cm³/mol. The van der Waals surface area contributed by atoms with Crippen LogP contribution in [-0.2, 0) is 0 Å². The van der Waals surface area contributed by atoms with Crippen LogP contribution in [-0.4, -0.2) is 4.98 Å². The lowest BCUT2D eigenvalue weighted by atomic mass is 10.1. The molecule has 3 nitrogen and oxygen atoms in total. The van der Waals surface area contributed by atoms with Crippen molar-refractivity contribution in [2.24, 2.45) is 0 Å². The normalized spacial score (nSPS) is 10.7. The van der Waals surface area contributed by atoms with Crippen molar-refractivity contribution >= 4 is 32.5 Å². The minimum absolute atomic E-state index is 0.653. The fourth-order valence-corrected chi connectivity index (χ4v) is 2.58. The highest BCUT2D eigenvalue weighted by atomic mass is 79.9. The van der Waals surface area contributed by atoms with Gasteiger partial charge in [-0.05, 0) is 55.0 Å². The largest absolute Gasteiger partial charge is 0.456 e. The average Bonchev–Trinajstić information content (AvgIpc) is 2.45. The summed E-state index contributed by atoms with van der Waals surface area (Å²) in [4.78, 5) is 4.31. The molecule has 0 unspecified atom stereocenters. The Morgan fingerprint density at radius 1 is 1.10 bits per heavy atom. The number of benzene rings is 2. The maximum atomic E-state index is 6.02. The minimum atomic E-state index is 0.653. The number of aryl methyl sites for hydroxylation is 1. The van der Waals surface area contributed by atoms with Gasteiger partial charge in [-0.3, -0.25) is 4.98 Å². The van der Waals surface area contributed by atoms with Crippen molar-refractivity contribution < 1.29 is 4.74 Å². The summed E-state index contributed by atoms with van der Waals surface area (Å²) in [6.45, 7) is 2.01. The van der Waals surface area contributed by atoms with Crippen molar-refractivity contribution in [1.29, 1.82) is 0 Å². The Labute approximate surface area is 125 Å². The first-order valence-electron chi connectivity index (χ1n) is 6.22. The highest BCUT2D eigenvalue weighted by Crippen LogP contribution is 2.33. The molecule has 0 saturated carbocycles. The van der Waals surface area contributed by atoms with Gasteiger partial charge in [0.25, 0.3) is 0 Å². The van der Waals surface area contributed by atoms with Crippen LogP contribution in [0.2, 0.25) is 0 Å². The van der Waals surface area contributed by atoms with Crippen LogP contribution in [0.5, 0.6) is 11.5 Å². The summed E-state index contributed by atoms with van der Waals surface area (Å²) < 4.78 is 7.05. The van der Waals surface area contributed by atoms with Gasteiger partial charge in [0.2, 0.25) is 0 Å².